The highest BCUT2D eigenvalue weighted by Crippen LogP contribution is 2.43. The monoisotopic (exact) mass is 530 g/mol. The minimum absolute atomic E-state index is 0.00570. The van der Waals surface area contributed by atoms with Gasteiger partial charge in [0.25, 0.3) is 0 Å². The number of nitrogens with one attached hydrogen (secondary N) is 1. The van der Waals surface area contributed by atoms with Gasteiger partial charge < -0.3 is 24.3 Å². The van der Waals surface area contributed by atoms with Crippen LogP contribution in [0.1, 0.15) is 54.5 Å². The number of benzene rings is 3. The van der Waals surface area contributed by atoms with Gasteiger partial charge in [0.2, 0.25) is 12.7 Å². The number of carbonyl (C=O) groups is 1. The molecule has 0 bridgehead atoms. The number of likely N-dealkylation sites (tertiary alicyclic amines) is 1. The topological polar surface area (TPSA) is 69.3 Å². The largest absolute Gasteiger partial charge is 0.491 e. The van der Waals surface area contributed by atoms with Gasteiger partial charge in [-0.15, -0.1) is 0 Å². The average Bonchev–Trinajstić information content (AvgIpc) is 3.56. The molecule has 2 heterocycles. The number of rotatable bonds is 10. The van der Waals surface area contributed by atoms with E-state index in [1.807, 2.05) is 64.1 Å². The number of hydrogen-bond donors (Lipinski definition) is 1. The van der Waals surface area contributed by atoms with E-state index in [1.165, 1.54) is 11.1 Å². The lowest BCUT2D eigenvalue weighted by Crippen LogP contribution is -2.33. The molecule has 206 valence electrons. The molecule has 5 rings (SSSR count). The predicted molar refractivity (Wildman–Crippen MR) is 152 cm³/mol. The van der Waals surface area contributed by atoms with Crippen molar-refractivity contribution in [2.75, 3.05) is 38.4 Å². The number of ether oxygens (including phenoxy) is 4. The Bertz CT molecular complexity index is 1270. The van der Waals surface area contributed by atoms with Crippen molar-refractivity contribution in [3.63, 3.8) is 0 Å². The molecule has 1 saturated heterocycles. The number of aryl methyl sites for hydroxylation is 2. The zero-order chi connectivity index (χ0) is 27.4. The standard InChI is InChI=1S/C32H38N2O5/c1-21(2)36-14-15-37-27-11-8-24(9-12-27)28-16-26(25-10-13-29-30(17-25)39-20-38-29)18-34(28)19-31(35)33-32-22(3)6-5-7-23(32)4/h5-13,17,21,26,28H,14-16,18-20H2,1-4H3,(H,33,35)/t26-,28-/m1/s1. The number of nitrogens with zero attached hydrogens (tertiary/aromatic N) is 1. The summed E-state index contributed by atoms with van der Waals surface area (Å²) in [6, 6.07) is 20.6. The highest BCUT2D eigenvalue weighted by atomic mass is 16.7. The van der Waals surface area contributed by atoms with Crippen molar-refractivity contribution in [2.45, 2.75) is 52.2 Å². The second-order valence-corrected chi connectivity index (χ2v) is 10.6. The van der Waals surface area contributed by atoms with Gasteiger partial charge in [-0.25, -0.2) is 0 Å². The summed E-state index contributed by atoms with van der Waals surface area (Å²) in [6.45, 7) is 10.5. The van der Waals surface area contributed by atoms with Gasteiger partial charge in [0.1, 0.15) is 12.4 Å². The van der Waals surface area contributed by atoms with E-state index in [0.717, 1.165) is 47.0 Å². The maximum absolute atomic E-state index is 13.3. The minimum Gasteiger partial charge on any atom is -0.491 e. The Labute approximate surface area is 231 Å². The Kier molecular flexibility index (Phi) is 8.38. The van der Waals surface area contributed by atoms with Crippen LogP contribution in [0.15, 0.2) is 60.7 Å². The Balaban J connectivity index is 1.32. The smallest absolute Gasteiger partial charge is 0.238 e. The molecular formula is C32H38N2O5. The van der Waals surface area contributed by atoms with Gasteiger partial charge in [-0.1, -0.05) is 36.4 Å². The third kappa shape index (κ3) is 6.54. The van der Waals surface area contributed by atoms with Gasteiger partial charge in [-0.3, -0.25) is 9.69 Å². The highest BCUT2D eigenvalue weighted by molar-refractivity contribution is 5.93. The molecule has 0 aliphatic carbocycles. The van der Waals surface area contributed by atoms with Crippen LogP contribution in [-0.4, -0.2) is 50.0 Å². The number of carbonyl (C=O) groups excluding carboxylic acids is 1. The van der Waals surface area contributed by atoms with E-state index in [-0.39, 0.29) is 30.8 Å². The molecule has 0 unspecified atom stereocenters. The summed E-state index contributed by atoms with van der Waals surface area (Å²) in [5.74, 6) is 2.65. The third-order valence-electron chi connectivity index (χ3n) is 7.43. The Morgan fingerprint density at radius 3 is 2.44 bits per heavy atom. The van der Waals surface area contributed by atoms with Crippen LogP contribution < -0.4 is 19.5 Å². The number of amides is 1. The van der Waals surface area contributed by atoms with Gasteiger partial charge in [-0.2, -0.15) is 0 Å². The number of para-hydroxylation sites is 1. The van der Waals surface area contributed by atoms with E-state index < -0.39 is 0 Å². The summed E-state index contributed by atoms with van der Waals surface area (Å²) < 4.78 is 22.6. The van der Waals surface area contributed by atoms with E-state index >= 15 is 0 Å². The second-order valence-electron chi connectivity index (χ2n) is 10.6. The van der Waals surface area contributed by atoms with E-state index in [0.29, 0.717) is 19.8 Å². The van der Waals surface area contributed by atoms with Crippen molar-refractivity contribution in [3.8, 4) is 17.2 Å². The quantitative estimate of drug-likeness (QED) is 0.324. The molecule has 0 aromatic heterocycles. The molecule has 0 saturated carbocycles. The lowest BCUT2D eigenvalue weighted by Gasteiger charge is -2.25. The summed E-state index contributed by atoms with van der Waals surface area (Å²) in [5.41, 5.74) is 5.40. The van der Waals surface area contributed by atoms with Gasteiger partial charge in [0.15, 0.2) is 11.5 Å². The van der Waals surface area contributed by atoms with Crippen LogP contribution in [0.3, 0.4) is 0 Å². The lowest BCUT2D eigenvalue weighted by molar-refractivity contribution is -0.117. The molecule has 3 aromatic rings. The van der Waals surface area contributed by atoms with Gasteiger partial charge >= 0.3 is 0 Å². The summed E-state index contributed by atoms with van der Waals surface area (Å²) in [6.07, 6.45) is 1.09. The molecule has 7 heteroatoms. The fourth-order valence-corrected chi connectivity index (χ4v) is 5.44. The average molecular weight is 531 g/mol. The SMILES string of the molecule is Cc1cccc(C)c1NC(=O)CN1C[C@H](c2ccc3c(c2)OCO3)C[C@@H]1c1ccc(OCCOC(C)C)cc1. The van der Waals surface area contributed by atoms with E-state index in [9.17, 15) is 4.79 Å². The Hall–Kier alpha value is -3.55. The number of fused-ring (bicyclic) bond motifs is 1. The Morgan fingerprint density at radius 2 is 1.69 bits per heavy atom. The fraction of sp³-hybridized carbons (Fsp3) is 0.406. The normalized spacial score (nSPS) is 18.5. The van der Waals surface area contributed by atoms with Crippen LogP contribution in [-0.2, 0) is 9.53 Å². The van der Waals surface area contributed by atoms with E-state index in [4.69, 9.17) is 18.9 Å². The molecule has 0 spiro atoms. The van der Waals surface area contributed by atoms with Crippen LogP contribution in [0.2, 0.25) is 0 Å². The van der Waals surface area contributed by atoms with Crippen LogP contribution in [0.25, 0.3) is 0 Å². The molecule has 2 aliphatic heterocycles. The van der Waals surface area contributed by atoms with E-state index in [2.05, 4.69) is 34.5 Å². The molecule has 1 fully saturated rings. The fourth-order valence-electron chi connectivity index (χ4n) is 5.44. The van der Waals surface area contributed by atoms with Crippen LogP contribution in [0, 0.1) is 13.8 Å². The Morgan fingerprint density at radius 1 is 0.974 bits per heavy atom. The first-order valence-electron chi connectivity index (χ1n) is 13.7. The number of hydrogen-bond acceptors (Lipinski definition) is 6. The molecule has 39 heavy (non-hydrogen) atoms. The van der Waals surface area contributed by atoms with Gasteiger partial charge in [-0.05, 0) is 86.6 Å². The minimum atomic E-state index is -0.00570. The lowest BCUT2D eigenvalue weighted by atomic mass is 9.93. The molecular weight excluding hydrogens is 492 g/mol. The summed E-state index contributed by atoms with van der Waals surface area (Å²) in [5, 5.41) is 3.16. The van der Waals surface area contributed by atoms with Crippen molar-refractivity contribution >= 4 is 11.6 Å². The molecule has 2 aliphatic rings. The summed E-state index contributed by atoms with van der Waals surface area (Å²) in [7, 11) is 0. The summed E-state index contributed by atoms with van der Waals surface area (Å²) in [4.78, 5) is 15.6. The molecule has 1 amide bonds. The first-order valence-corrected chi connectivity index (χ1v) is 13.7. The first-order chi connectivity index (χ1) is 18.9. The maximum Gasteiger partial charge on any atom is 0.238 e. The van der Waals surface area contributed by atoms with Crippen molar-refractivity contribution in [2.24, 2.45) is 0 Å². The van der Waals surface area contributed by atoms with Crippen LogP contribution >= 0.6 is 0 Å². The summed E-state index contributed by atoms with van der Waals surface area (Å²) >= 11 is 0. The van der Waals surface area contributed by atoms with E-state index in [1.54, 1.807) is 0 Å². The molecule has 3 aromatic carbocycles. The zero-order valence-electron chi connectivity index (χ0n) is 23.2. The maximum atomic E-state index is 13.3. The highest BCUT2D eigenvalue weighted by Gasteiger charge is 2.35. The van der Waals surface area contributed by atoms with Gasteiger partial charge in [0.05, 0.1) is 19.3 Å². The molecule has 1 N–H and O–H groups in total. The predicted octanol–water partition coefficient (Wildman–Crippen LogP) is 6.01. The number of anilines is 1. The van der Waals surface area contributed by atoms with Crippen molar-refractivity contribution < 1.29 is 23.7 Å². The van der Waals surface area contributed by atoms with Crippen LogP contribution in [0.5, 0.6) is 17.2 Å². The molecule has 0 radical (unpaired) electrons. The van der Waals surface area contributed by atoms with Crippen molar-refractivity contribution in [1.29, 1.82) is 0 Å². The molecule has 7 nitrogen and oxygen atoms in total. The van der Waals surface area contributed by atoms with Crippen LogP contribution in [0.4, 0.5) is 5.69 Å². The first kappa shape index (κ1) is 27.0. The second kappa shape index (κ2) is 12.1. The van der Waals surface area contributed by atoms with Gasteiger partial charge in [0, 0.05) is 18.3 Å². The molecule has 2 atom stereocenters. The zero-order valence-corrected chi connectivity index (χ0v) is 23.2. The van der Waals surface area contributed by atoms with Crippen molar-refractivity contribution in [3.05, 3.63) is 82.9 Å². The van der Waals surface area contributed by atoms with Crippen molar-refractivity contribution in [1.82, 2.24) is 4.90 Å². The third-order valence-corrected chi connectivity index (χ3v) is 7.43.